The third-order valence-electron chi connectivity index (χ3n) is 5.45. The Morgan fingerprint density at radius 1 is 0.966 bits per heavy atom. The van der Waals surface area contributed by atoms with E-state index in [1.54, 1.807) is 12.3 Å². The second-order valence-electron chi connectivity index (χ2n) is 7.51. The largest absolute Gasteiger partial charge is 0.383 e. The molecule has 154 valence electrons. The van der Waals surface area contributed by atoms with Crippen LogP contribution in [0, 0.1) is 0 Å². The number of ether oxygens (including phenoxy) is 1. The molecule has 1 aromatic heterocycles. The molecule has 2 aliphatic heterocycles. The second-order valence-corrected chi connectivity index (χ2v) is 7.51. The fraction of sp³-hybridized carbons (Fsp3) is 0.455. The maximum Gasteiger partial charge on any atom is 0.274 e. The van der Waals surface area contributed by atoms with Crippen molar-refractivity contribution in [2.45, 2.75) is 12.8 Å². The Morgan fingerprint density at radius 2 is 1.69 bits per heavy atom. The van der Waals surface area contributed by atoms with Crippen molar-refractivity contribution in [1.82, 2.24) is 9.88 Å². The lowest BCUT2D eigenvalue weighted by atomic mass is 10.2. The summed E-state index contributed by atoms with van der Waals surface area (Å²) in [6, 6.07) is 11.7. The smallest absolute Gasteiger partial charge is 0.274 e. The minimum Gasteiger partial charge on any atom is -0.383 e. The summed E-state index contributed by atoms with van der Waals surface area (Å²) < 4.78 is 5.36. The van der Waals surface area contributed by atoms with Gasteiger partial charge in [0.25, 0.3) is 5.91 Å². The summed E-state index contributed by atoms with van der Waals surface area (Å²) in [5.41, 5.74) is 3.33. The number of nitrogens with zero attached hydrogens (tertiary/aromatic N) is 3. The van der Waals surface area contributed by atoms with Crippen LogP contribution in [-0.2, 0) is 4.74 Å². The molecule has 1 amide bonds. The van der Waals surface area contributed by atoms with E-state index in [2.05, 4.69) is 37.6 Å². The fourth-order valence-corrected chi connectivity index (χ4v) is 3.74. The average Bonchev–Trinajstić information content (AvgIpc) is 3.30. The number of amides is 1. The lowest BCUT2D eigenvalue weighted by molar-refractivity contribution is 0.0398. The van der Waals surface area contributed by atoms with Gasteiger partial charge in [0.15, 0.2) is 0 Å². The lowest BCUT2D eigenvalue weighted by Gasteiger charge is -2.26. The van der Waals surface area contributed by atoms with Gasteiger partial charge in [0.2, 0.25) is 0 Å². The molecular weight excluding hydrogens is 366 g/mol. The van der Waals surface area contributed by atoms with Gasteiger partial charge in [-0.15, -0.1) is 0 Å². The van der Waals surface area contributed by atoms with E-state index in [9.17, 15) is 4.79 Å². The predicted molar refractivity (Wildman–Crippen MR) is 116 cm³/mol. The number of pyridine rings is 1. The Labute approximate surface area is 172 Å². The van der Waals surface area contributed by atoms with E-state index in [-0.39, 0.29) is 5.91 Å². The van der Waals surface area contributed by atoms with E-state index in [0.29, 0.717) is 5.69 Å². The first kappa shape index (κ1) is 19.7. The van der Waals surface area contributed by atoms with E-state index in [1.807, 2.05) is 18.2 Å². The van der Waals surface area contributed by atoms with E-state index in [4.69, 9.17) is 4.74 Å². The molecule has 2 aromatic rings. The molecule has 29 heavy (non-hydrogen) atoms. The molecule has 0 unspecified atom stereocenters. The summed E-state index contributed by atoms with van der Waals surface area (Å²) in [6.07, 6.45) is 4.22. The number of hydrogen-bond donors (Lipinski definition) is 2. The molecule has 7 heteroatoms. The van der Waals surface area contributed by atoms with Crippen molar-refractivity contribution < 1.29 is 9.53 Å². The highest BCUT2D eigenvalue weighted by atomic mass is 16.5. The van der Waals surface area contributed by atoms with Crippen LogP contribution >= 0.6 is 0 Å². The summed E-state index contributed by atoms with van der Waals surface area (Å²) in [6.45, 7) is 7.63. The molecule has 2 aliphatic rings. The zero-order chi connectivity index (χ0) is 19.9. The molecular formula is C22H29N5O2. The third-order valence-corrected chi connectivity index (χ3v) is 5.45. The van der Waals surface area contributed by atoms with Gasteiger partial charge in [0.05, 0.1) is 25.1 Å². The lowest BCUT2D eigenvalue weighted by Crippen LogP contribution is -2.39. The molecule has 2 saturated heterocycles. The Kier molecular flexibility index (Phi) is 6.59. The monoisotopic (exact) mass is 395 g/mol. The Hall–Kier alpha value is -2.64. The summed E-state index contributed by atoms with van der Waals surface area (Å²) in [5, 5.41) is 6.28. The molecule has 4 rings (SSSR count). The minimum atomic E-state index is -0.196. The Bertz CT molecular complexity index is 782. The van der Waals surface area contributed by atoms with Gasteiger partial charge >= 0.3 is 0 Å². The van der Waals surface area contributed by atoms with Crippen molar-refractivity contribution >= 4 is 23.0 Å². The second kappa shape index (κ2) is 9.71. The van der Waals surface area contributed by atoms with Crippen molar-refractivity contribution in [3.05, 3.63) is 48.3 Å². The minimum absolute atomic E-state index is 0.196. The number of carbonyl (C=O) groups excluding carboxylic acids is 1. The van der Waals surface area contributed by atoms with Gasteiger partial charge in [-0.3, -0.25) is 9.69 Å². The van der Waals surface area contributed by atoms with E-state index >= 15 is 0 Å². The number of carbonyl (C=O) groups is 1. The van der Waals surface area contributed by atoms with Crippen molar-refractivity contribution in [2.24, 2.45) is 0 Å². The van der Waals surface area contributed by atoms with Crippen molar-refractivity contribution in [2.75, 3.05) is 68.0 Å². The molecule has 0 atom stereocenters. The van der Waals surface area contributed by atoms with Crippen LogP contribution in [0.3, 0.4) is 0 Å². The number of morpholine rings is 1. The van der Waals surface area contributed by atoms with Gasteiger partial charge in [-0.25, -0.2) is 4.98 Å². The van der Waals surface area contributed by atoms with E-state index in [0.717, 1.165) is 63.9 Å². The maximum atomic E-state index is 12.5. The molecule has 0 spiro atoms. The number of aromatic nitrogens is 1. The van der Waals surface area contributed by atoms with Gasteiger partial charge in [-0.1, -0.05) is 0 Å². The van der Waals surface area contributed by atoms with Crippen LogP contribution in [0.4, 0.5) is 17.1 Å². The molecule has 0 radical (unpaired) electrons. The van der Waals surface area contributed by atoms with Crippen LogP contribution in [0.15, 0.2) is 42.6 Å². The Morgan fingerprint density at radius 3 is 2.38 bits per heavy atom. The SMILES string of the molecule is O=C(Nc1ccc(N2CCCC2)cc1)c1ccc(NCCN2CCOCC2)cn1. The van der Waals surface area contributed by atoms with E-state index in [1.165, 1.54) is 18.5 Å². The van der Waals surface area contributed by atoms with Gasteiger partial charge in [-0.2, -0.15) is 0 Å². The summed E-state index contributed by atoms with van der Waals surface area (Å²) in [7, 11) is 0. The van der Waals surface area contributed by atoms with Crippen molar-refractivity contribution in [1.29, 1.82) is 0 Å². The van der Waals surface area contributed by atoms with Crippen LogP contribution in [0.2, 0.25) is 0 Å². The number of nitrogens with one attached hydrogen (secondary N) is 2. The van der Waals surface area contributed by atoms with Gasteiger partial charge in [-0.05, 0) is 49.2 Å². The third kappa shape index (κ3) is 5.46. The number of benzene rings is 1. The van der Waals surface area contributed by atoms with Gasteiger partial charge in [0.1, 0.15) is 5.69 Å². The van der Waals surface area contributed by atoms with Crippen LogP contribution in [-0.4, -0.2) is 68.3 Å². The molecule has 0 bridgehead atoms. The van der Waals surface area contributed by atoms with Crippen molar-refractivity contribution in [3.8, 4) is 0 Å². The topological polar surface area (TPSA) is 69.7 Å². The Balaban J connectivity index is 1.25. The van der Waals surface area contributed by atoms with E-state index < -0.39 is 0 Å². The number of anilines is 3. The quantitative estimate of drug-likeness (QED) is 0.751. The molecule has 7 nitrogen and oxygen atoms in total. The molecule has 2 N–H and O–H groups in total. The number of rotatable bonds is 7. The molecule has 2 fully saturated rings. The van der Waals surface area contributed by atoms with Gasteiger partial charge < -0.3 is 20.3 Å². The highest BCUT2D eigenvalue weighted by Gasteiger charge is 2.13. The normalized spacial score (nSPS) is 17.3. The predicted octanol–water partition coefficient (Wildman–Crippen LogP) is 2.68. The molecule has 1 aromatic carbocycles. The fourth-order valence-electron chi connectivity index (χ4n) is 3.74. The first-order valence-electron chi connectivity index (χ1n) is 10.4. The first-order valence-corrected chi connectivity index (χ1v) is 10.4. The molecule has 0 saturated carbocycles. The first-order chi connectivity index (χ1) is 14.3. The standard InChI is InChI=1S/C22H29N5O2/c28-22(25-18-3-6-20(7-4-18)27-10-1-2-11-27)21-8-5-19(17-24-21)23-9-12-26-13-15-29-16-14-26/h3-8,17,23H,1-2,9-16H2,(H,25,28). The zero-order valence-electron chi connectivity index (χ0n) is 16.8. The number of hydrogen-bond acceptors (Lipinski definition) is 6. The zero-order valence-corrected chi connectivity index (χ0v) is 16.8. The van der Waals surface area contributed by atoms with Crippen LogP contribution in [0.1, 0.15) is 23.3 Å². The highest BCUT2D eigenvalue weighted by molar-refractivity contribution is 6.03. The average molecular weight is 396 g/mol. The van der Waals surface area contributed by atoms with Crippen LogP contribution < -0.4 is 15.5 Å². The molecule has 3 heterocycles. The maximum absolute atomic E-state index is 12.5. The van der Waals surface area contributed by atoms with Crippen LogP contribution in [0.25, 0.3) is 0 Å². The highest BCUT2D eigenvalue weighted by Crippen LogP contribution is 2.22. The summed E-state index contributed by atoms with van der Waals surface area (Å²) >= 11 is 0. The van der Waals surface area contributed by atoms with Crippen LogP contribution in [0.5, 0.6) is 0 Å². The van der Waals surface area contributed by atoms with Gasteiger partial charge in [0, 0.05) is 50.6 Å². The summed E-state index contributed by atoms with van der Waals surface area (Å²) in [5.74, 6) is -0.196. The van der Waals surface area contributed by atoms with Crippen molar-refractivity contribution in [3.63, 3.8) is 0 Å². The molecule has 0 aliphatic carbocycles. The summed E-state index contributed by atoms with van der Waals surface area (Å²) in [4.78, 5) is 21.5.